The molecule has 6 nitrogen and oxygen atoms in total. The molecule has 0 atom stereocenters. The van der Waals surface area contributed by atoms with E-state index in [2.05, 4.69) is 0 Å². The second-order valence-corrected chi connectivity index (χ2v) is 6.64. The molecular weight excluding hydrogens is 327 g/mol. The molecule has 0 bridgehead atoms. The number of rotatable bonds is 5. The van der Waals surface area contributed by atoms with Crippen molar-refractivity contribution in [1.29, 1.82) is 0 Å². The molecule has 0 aromatic heterocycles. The molecule has 0 aliphatic carbocycles. The molecule has 20 heavy (non-hydrogen) atoms. The van der Waals surface area contributed by atoms with Gasteiger partial charge in [0.2, 0.25) is 10.0 Å². The van der Waals surface area contributed by atoms with Crippen molar-refractivity contribution in [2.45, 2.75) is 11.8 Å². The fourth-order valence-electron chi connectivity index (χ4n) is 1.39. The number of sulfonamides is 1. The van der Waals surface area contributed by atoms with Crippen LogP contribution in [-0.2, 0) is 19.6 Å². The molecular formula is C11H14Cl2N2O4S. The van der Waals surface area contributed by atoms with Crippen molar-refractivity contribution < 1.29 is 17.9 Å². The van der Waals surface area contributed by atoms with Gasteiger partial charge in [-0.1, -0.05) is 23.2 Å². The first-order chi connectivity index (χ1) is 9.21. The maximum Gasteiger partial charge on any atom is 0.321 e. The van der Waals surface area contributed by atoms with Crippen molar-refractivity contribution in [2.24, 2.45) is 0 Å². The Morgan fingerprint density at radius 3 is 2.55 bits per heavy atom. The highest BCUT2D eigenvalue weighted by molar-refractivity contribution is 7.89. The van der Waals surface area contributed by atoms with E-state index in [9.17, 15) is 13.2 Å². The summed E-state index contributed by atoms with van der Waals surface area (Å²) in [4.78, 5) is 11.1. The van der Waals surface area contributed by atoms with Gasteiger partial charge in [0.15, 0.2) is 0 Å². The highest BCUT2D eigenvalue weighted by Crippen LogP contribution is 2.34. The number of anilines is 1. The van der Waals surface area contributed by atoms with Gasteiger partial charge >= 0.3 is 5.97 Å². The Bertz CT molecular complexity index is 619. The van der Waals surface area contributed by atoms with Crippen LogP contribution in [0, 0.1) is 0 Å². The molecule has 9 heteroatoms. The number of nitrogens with two attached hydrogens (primary N) is 1. The maximum atomic E-state index is 12.3. The highest BCUT2D eigenvalue weighted by Gasteiger charge is 2.27. The number of hydrogen-bond donors (Lipinski definition) is 1. The number of likely N-dealkylation sites (N-methyl/N-ethyl adjacent to an activating group) is 1. The first kappa shape index (κ1) is 17.0. The molecule has 1 aromatic carbocycles. The first-order valence-electron chi connectivity index (χ1n) is 5.57. The van der Waals surface area contributed by atoms with Crippen LogP contribution in [0.1, 0.15) is 6.92 Å². The maximum absolute atomic E-state index is 12.3. The van der Waals surface area contributed by atoms with E-state index in [0.29, 0.717) is 0 Å². The summed E-state index contributed by atoms with van der Waals surface area (Å²) in [5, 5.41) is -0.0183. The molecule has 2 N–H and O–H groups in total. The van der Waals surface area contributed by atoms with Gasteiger partial charge in [-0.3, -0.25) is 4.79 Å². The Kier molecular flexibility index (Phi) is 5.64. The Hall–Kier alpha value is -1.02. The number of halogens is 2. The van der Waals surface area contributed by atoms with Gasteiger partial charge in [0, 0.05) is 7.05 Å². The summed E-state index contributed by atoms with van der Waals surface area (Å²) in [5.41, 5.74) is 5.56. The summed E-state index contributed by atoms with van der Waals surface area (Å²) in [5.74, 6) is -0.656. The standard InChI is InChI=1S/C11H14Cl2N2O4S/c1-3-19-9(16)6-15(2)20(17,18)8-5-4-7(12)11(14)10(8)13/h4-5H,3,6,14H2,1-2H3. The first-order valence-corrected chi connectivity index (χ1v) is 7.76. The van der Waals surface area contributed by atoms with Gasteiger partial charge in [-0.15, -0.1) is 0 Å². The molecule has 0 aliphatic rings. The van der Waals surface area contributed by atoms with Crippen LogP contribution in [0.4, 0.5) is 5.69 Å². The van der Waals surface area contributed by atoms with Crippen LogP contribution in [0.2, 0.25) is 10.0 Å². The quantitative estimate of drug-likeness (QED) is 0.651. The van der Waals surface area contributed by atoms with E-state index in [4.69, 9.17) is 33.7 Å². The number of nitrogens with zero attached hydrogens (tertiary/aromatic N) is 1. The second kappa shape index (κ2) is 6.62. The molecule has 0 amide bonds. The highest BCUT2D eigenvalue weighted by atomic mass is 35.5. The molecule has 0 unspecified atom stereocenters. The van der Waals surface area contributed by atoms with E-state index in [-0.39, 0.29) is 27.2 Å². The molecule has 0 aliphatic heterocycles. The predicted molar refractivity (Wildman–Crippen MR) is 77.3 cm³/mol. The van der Waals surface area contributed by atoms with Gasteiger partial charge in [-0.05, 0) is 19.1 Å². The predicted octanol–water partition coefficient (Wildman–Crippen LogP) is 1.76. The minimum Gasteiger partial charge on any atom is -0.465 e. The lowest BCUT2D eigenvalue weighted by molar-refractivity contribution is -0.143. The molecule has 112 valence electrons. The summed E-state index contributed by atoms with van der Waals surface area (Å²) >= 11 is 11.6. The van der Waals surface area contributed by atoms with Gasteiger partial charge < -0.3 is 10.5 Å². The number of benzene rings is 1. The topological polar surface area (TPSA) is 89.7 Å². The zero-order chi connectivity index (χ0) is 15.5. The molecule has 1 rings (SSSR count). The van der Waals surface area contributed by atoms with E-state index >= 15 is 0 Å². The average Bonchev–Trinajstić information content (AvgIpc) is 2.35. The lowest BCUT2D eigenvalue weighted by Gasteiger charge is -2.17. The van der Waals surface area contributed by atoms with Crippen LogP contribution < -0.4 is 5.73 Å². The van der Waals surface area contributed by atoms with Crippen LogP contribution in [0.5, 0.6) is 0 Å². The Labute approximate surface area is 127 Å². The summed E-state index contributed by atoms with van der Waals surface area (Å²) < 4.78 is 30.1. The van der Waals surface area contributed by atoms with E-state index in [0.717, 1.165) is 4.31 Å². The molecule has 0 fully saturated rings. The lowest BCUT2D eigenvalue weighted by Crippen LogP contribution is -2.33. The van der Waals surface area contributed by atoms with Crippen LogP contribution >= 0.6 is 23.2 Å². The third-order valence-corrected chi connectivity index (χ3v) is 5.13. The molecule has 1 aromatic rings. The third-order valence-electron chi connectivity index (χ3n) is 2.44. The largest absolute Gasteiger partial charge is 0.465 e. The number of ether oxygens (including phenoxy) is 1. The van der Waals surface area contributed by atoms with Crippen LogP contribution in [0.3, 0.4) is 0 Å². The normalized spacial score (nSPS) is 11.7. The van der Waals surface area contributed by atoms with Gasteiger partial charge in [0.25, 0.3) is 0 Å². The fraction of sp³-hybridized carbons (Fsp3) is 0.364. The van der Waals surface area contributed by atoms with E-state index in [1.54, 1.807) is 6.92 Å². The molecule has 0 saturated heterocycles. The van der Waals surface area contributed by atoms with Gasteiger partial charge in [-0.25, -0.2) is 8.42 Å². The number of nitrogen functional groups attached to an aromatic ring is 1. The van der Waals surface area contributed by atoms with Crippen LogP contribution in [-0.4, -0.2) is 38.9 Å². The Morgan fingerprint density at radius 2 is 2.00 bits per heavy atom. The Morgan fingerprint density at radius 1 is 1.40 bits per heavy atom. The lowest BCUT2D eigenvalue weighted by atomic mass is 10.3. The fourth-order valence-corrected chi connectivity index (χ4v) is 3.24. The number of carbonyl (C=O) groups is 1. The SMILES string of the molecule is CCOC(=O)CN(C)S(=O)(=O)c1ccc(Cl)c(N)c1Cl. The van der Waals surface area contributed by atoms with Gasteiger partial charge in [-0.2, -0.15) is 4.31 Å². The molecule has 0 radical (unpaired) electrons. The third kappa shape index (κ3) is 3.54. The van der Waals surface area contributed by atoms with E-state index in [1.807, 2.05) is 0 Å². The average molecular weight is 341 g/mol. The summed E-state index contributed by atoms with van der Waals surface area (Å²) in [7, 11) is -2.72. The smallest absolute Gasteiger partial charge is 0.321 e. The zero-order valence-corrected chi connectivity index (χ0v) is 13.2. The van der Waals surface area contributed by atoms with E-state index < -0.39 is 22.5 Å². The van der Waals surface area contributed by atoms with Gasteiger partial charge in [0.05, 0.1) is 22.3 Å². The van der Waals surface area contributed by atoms with Gasteiger partial charge in [0.1, 0.15) is 11.4 Å². The van der Waals surface area contributed by atoms with Crippen molar-refractivity contribution in [3.63, 3.8) is 0 Å². The number of hydrogen-bond acceptors (Lipinski definition) is 5. The monoisotopic (exact) mass is 340 g/mol. The van der Waals surface area contributed by atoms with E-state index in [1.165, 1.54) is 19.2 Å². The molecule has 0 heterocycles. The van der Waals surface area contributed by atoms with Crippen molar-refractivity contribution in [3.8, 4) is 0 Å². The van der Waals surface area contributed by atoms with Crippen molar-refractivity contribution >= 4 is 44.9 Å². The van der Waals surface area contributed by atoms with Crippen molar-refractivity contribution in [1.82, 2.24) is 4.31 Å². The summed E-state index contributed by atoms with van der Waals surface area (Å²) in [6, 6.07) is 2.56. The van der Waals surface area contributed by atoms with Crippen LogP contribution in [0.25, 0.3) is 0 Å². The van der Waals surface area contributed by atoms with Crippen LogP contribution in [0.15, 0.2) is 17.0 Å². The Balaban J connectivity index is 3.11. The van der Waals surface area contributed by atoms with Crippen molar-refractivity contribution in [3.05, 3.63) is 22.2 Å². The molecule has 0 spiro atoms. The van der Waals surface area contributed by atoms with Crippen molar-refractivity contribution in [2.75, 3.05) is 25.9 Å². The zero-order valence-electron chi connectivity index (χ0n) is 10.9. The number of esters is 1. The minimum absolute atomic E-state index is 0.0288. The summed E-state index contributed by atoms with van der Waals surface area (Å²) in [6.45, 7) is 1.37. The molecule has 0 saturated carbocycles. The second-order valence-electron chi connectivity index (χ2n) is 3.84. The minimum atomic E-state index is -3.96. The summed E-state index contributed by atoms with van der Waals surface area (Å²) in [6.07, 6.45) is 0. The number of carbonyl (C=O) groups excluding carboxylic acids is 1.